The first-order valence-corrected chi connectivity index (χ1v) is 6.58. The highest BCUT2D eigenvalue weighted by atomic mass is 19.1. The molecule has 1 aliphatic carbocycles. The molecule has 2 heteroatoms. The summed E-state index contributed by atoms with van der Waals surface area (Å²) in [4.78, 5) is 4.59. The lowest BCUT2D eigenvalue weighted by Gasteiger charge is -2.17. The highest BCUT2D eigenvalue weighted by molar-refractivity contribution is 5.82. The van der Waals surface area contributed by atoms with E-state index in [1.807, 2.05) is 18.2 Å². The molecule has 1 aliphatic rings. The summed E-state index contributed by atoms with van der Waals surface area (Å²) in [5, 5.41) is 0.586. The zero-order chi connectivity index (χ0) is 13.4. The van der Waals surface area contributed by atoms with Crippen molar-refractivity contribution in [1.82, 2.24) is 4.98 Å². The molecule has 0 N–H and O–H groups in total. The van der Waals surface area contributed by atoms with Crippen molar-refractivity contribution in [1.29, 1.82) is 0 Å². The fourth-order valence-corrected chi connectivity index (χ4v) is 2.71. The highest BCUT2D eigenvalue weighted by Crippen LogP contribution is 2.30. The molecule has 1 aromatic heterocycles. The Bertz CT molecular complexity index is 697. The number of hydrogen-bond donors (Lipinski definition) is 0. The second-order valence-electron chi connectivity index (χ2n) is 5.26. The van der Waals surface area contributed by atoms with Crippen molar-refractivity contribution in [2.45, 2.75) is 20.3 Å². The van der Waals surface area contributed by atoms with E-state index in [9.17, 15) is 4.39 Å². The van der Waals surface area contributed by atoms with Gasteiger partial charge in [0, 0.05) is 5.39 Å². The molecule has 1 atom stereocenters. The first-order chi connectivity index (χ1) is 9.13. The zero-order valence-electron chi connectivity index (χ0n) is 11.2. The highest BCUT2D eigenvalue weighted by Gasteiger charge is 2.13. The van der Waals surface area contributed by atoms with E-state index in [0.717, 1.165) is 17.6 Å². The van der Waals surface area contributed by atoms with Crippen LogP contribution in [0.25, 0.3) is 16.5 Å². The lowest BCUT2D eigenvalue weighted by atomic mass is 9.90. The largest absolute Gasteiger partial charge is 0.248 e. The van der Waals surface area contributed by atoms with Gasteiger partial charge >= 0.3 is 0 Å². The SMILES string of the molecule is CC1=CC(C)CC(c2ccc3c(F)cccc3n2)=C1. The summed E-state index contributed by atoms with van der Waals surface area (Å²) in [6.07, 6.45) is 5.43. The first kappa shape index (κ1) is 12.1. The standard InChI is InChI=1S/C17H16FN/c1-11-8-12(2)10-13(9-11)16-7-6-14-15(18)4-3-5-17(14)19-16/h3-9,12H,10H2,1-2H3. The third kappa shape index (κ3) is 2.30. The molecule has 0 amide bonds. The minimum Gasteiger partial charge on any atom is -0.248 e. The lowest BCUT2D eigenvalue weighted by molar-refractivity contribution is 0.639. The number of aromatic nitrogens is 1. The molecule has 0 saturated heterocycles. The number of benzene rings is 1. The topological polar surface area (TPSA) is 12.9 Å². The van der Waals surface area contributed by atoms with Crippen LogP contribution in [0.4, 0.5) is 4.39 Å². The molecule has 0 radical (unpaired) electrons. The second kappa shape index (κ2) is 4.61. The third-order valence-electron chi connectivity index (χ3n) is 3.50. The molecule has 1 unspecified atom stereocenters. The molecule has 1 aromatic carbocycles. The summed E-state index contributed by atoms with van der Waals surface area (Å²) in [6.45, 7) is 4.31. The Kier molecular flexibility index (Phi) is 2.94. The van der Waals surface area contributed by atoms with Gasteiger partial charge in [-0.2, -0.15) is 0 Å². The lowest BCUT2D eigenvalue weighted by Crippen LogP contribution is -2.01. The predicted molar refractivity (Wildman–Crippen MR) is 77.2 cm³/mol. The van der Waals surface area contributed by atoms with Crippen LogP contribution in [-0.2, 0) is 0 Å². The van der Waals surface area contributed by atoms with E-state index >= 15 is 0 Å². The van der Waals surface area contributed by atoms with E-state index in [2.05, 4.69) is 31.0 Å². The van der Waals surface area contributed by atoms with Crippen LogP contribution in [0.1, 0.15) is 26.0 Å². The molecule has 2 aromatic rings. The third-order valence-corrected chi connectivity index (χ3v) is 3.50. The minimum atomic E-state index is -0.210. The zero-order valence-corrected chi connectivity index (χ0v) is 11.2. The van der Waals surface area contributed by atoms with E-state index in [-0.39, 0.29) is 5.82 Å². The second-order valence-corrected chi connectivity index (χ2v) is 5.26. The number of pyridine rings is 1. The number of halogens is 1. The molecule has 1 nitrogen and oxygen atoms in total. The normalized spacial score (nSPS) is 19.2. The van der Waals surface area contributed by atoms with E-state index in [1.165, 1.54) is 17.2 Å². The van der Waals surface area contributed by atoms with Gasteiger partial charge in [-0.25, -0.2) is 9.37 Å². The fourth-order valence-electron chi connectivity index (χ4n) is 2.71. The monoisotopic (exact) mass is 253 g/mol. The Morgan fingerprint density at radius 1 is 1.21 bits per heavy atom. The molecular formula is C17H16FN. The Labute approximate surface area is 112 Å². The molecule has 0 bridgehead atoms. The summed E-state index contributed by atoms with van der Waals surface area (Å²) in [7, 11) is 0. The van der Waals surface area contributed by atoms with Crippen LogP contribution in [0.3, 0.4) is 0 Å². The molecule has 0 aliphatic heterocycles. The van der Waals surface area contributed by atoms with Crippen molar-refractivity contribution < 1.29 is 4.39 Å². The maximum absolute atomic E-state index is 13.6. The average molecular weight is 253 g/mol. The molecule has 0 spiro atoms. The summed E-state index contributed by atoms with van der Waals surface area (Å²) in [5.74, 6) is 0.323. The smallest absolute Gasteiger partial charge is 0.132 e. The van der Waals surface area contributed by atoms with Gasteiger partial charge in [-0.05, 0) is 49.1 Å². The summed E-state index contributed by atoms with van der Waals surface area (Å²) < 4.78 is 13.6. The van der Waals surface area contributed by atoms with Gasteiger partial charge in [-0.3, -0.25) is 0 Å². The van der Waals surface area contributed by atoms with Gasteiger partial charge < -0.3 is 0 Å². The van der Waals surface area contributed by atoms with Crippen molar-refractivity contribution in [2.24, 2.45) is 5.92 Å². The van der Waals surface area contributed by atoms with Crippen LogP contribution >= 0.6 is 0 Å². The maximum atomic E-state index is 13.6. The molecule has 0 saturated carbocycles. The van der Waals surface area contributed by atoms with Gasteiger partial charge in [0.2, 0.25) is 0 Å². The number of rotatable bonds is 1. The summed E-state index contributed by atoms with van der Waals surface area (Å²) in [6, 6.07) is 8.78. The van der Waals surface area contributed by atoms with Crippen LogP contribution in [0.5, 0.6) is 0 Å². The summed E-state index contributed by atoms with van der Waals surface area (Å²) >= 11 is 0. The Morgan fingerprint density at radius 3 is 2.84 bits per heavy atom. The van der Waals surface area contributed by atoms with Crippen LogP contribution in [0.2, 0.25) is 0 Å². The first-order valence-electron chi connectivity index (χ1n) is 6.58. The molecule has 3 rings (SSSR count). The van der Waals surface area contributed by atoms with Gasteiger partial charge in [-0.1, -0.05) is 30.7 Å². The van der Waals surface area contributed by atoms with Crippen LogP contribution in [0.15, 0.2) is 48.1 Å². The van der Waals surface area contributed by atoms with Crippen LogP contribution in [-0.4, -0.2) is 4.98 Å². The molecule has 19 heavy (non-hydrogen) atoms. The van der Waals surface area contributed by atoms with Gasteiger partial charge in [0.1, 0.15) is 5.82 Å². The molecular weight excluding hydrogens is 237 g/mol. The summed E-state index contributed by atoms with van der Waals surface area (Å²) in [5.41, 5.74) is 4.18. The van der Waals surface area contributed by atoms with E-state index in [0.29, 0.717) is 11.3 Å². The number of fused-ring (bicyclic) bond motifs is 1. The van der Waals surface area contributed by atoms with Crippen molar-refractivity contribution in [3.05, 3.63) is 59.6 Å². The van der Waals surface area contributed by atoms with Crippen molar-refractivity contribution in [3.63, 3.8) is 0 Å². The number of hydrogen-bond acceptors (Lipinski definition) is 1. The van der Waals surface area contributed by atoms with Crippen molar-refractivity contribution >= 4 is 16.5 Å². The Balaban J connectivity index is 2.10. The number of allylic oxidation sites excluding steroid dienone is 4. The van der Waals surface area contributed by atoms with E-state index < -0.39 is 0 Å². The van der Waals surface area contributed by atoms with Crippen molar-refractivity contribution in [2.75, 3.05) is 0 Å². The number of nitrogens with zero attached hydrogens (tertiary/aromatic N) is 1. The average Bonchev–Trinajstić information content (AvgIpc) is 2.37. The van der Waals surface area contributed by atoms with E-state index in [4.69, 9.17) is 0 Å². The Morgan fingerprint density at radius 2 is 2.05 bits per heavy atom. The van der Waals surface area contributed by atoms with Crippen molar-refractivity contribution in [3.8, 4) is 0 Å². The van der Waals surface area contributed by atoms with Crippen LogP contribution in [0, 0.1) is 11.7 Å². The molecule has 1 heterocycles. The van der Waals surface area contributed by atoms with Gasteiger partial charge in [0.05, 0.1) is 11.2 Å². The molecule has 0 fully saturated rings. The van der Waals surface area contributed by atoms with E-state index in [1.54, 1.807) is 6.07 Å². The Hall–Kier alpha value is -1.96. The fraction of sp³-hybridized carbons (Fsp3) is 0.235. The quantitative estimate of drug-likeness (QED) is 0.715. The minimum absolute atomic E-state index is 0.210. The van der Waals surface area contributed by atoms with Crippen LogP contribution < -0.4 is 0 Å². The predicted octanol–water partition coefficient (Wildman–Crippen LogP) is 4.74. The van der Waals surface area contributed by atoms with Gasteiger partial charge in [0.15, 0.2) is 0 Å². The maximum Gasteiger partial charge on any atom is 0.132 e. The van der Waals surface area contributed by atoms with Gasteiger partial charge in [0.25, 0.3) is 0 Å². The molecule has 96 valence electrons. The van der Waals surface area contributed by atoms with Gasteiger partial charge in [-0.15, -0.1) is 0 Å².